The first-order valence-electron chi connectivity index (χ1n) is 4.44. The van der Waals surface area contributed by atoms with Crippen LogP contribution in [0, 0.1) is 6.92 Å². The highest BCUT2D eigenvalue weighted by Crippen LogP contribution is 2.32. The number of halogens is 1. The number of ketones is 1. The van der Waals surface area contributed by atoms with Crippen molar-refractivity contribution < 1.29 is 4.79 Å². The summed E-state index contributed by atoms with van der Waals surface area (Å²) in [6, 6.07) is 3.91. The van der Waals surface area contributed by atoms with E-state index in [1.54, 1.807) is 22.7 Å². The maximum absolute atomic E-state index is 12.0. The van der Waals surface area contributed by atoms with Gasteiger partial charge in [0.25, 0.3) is 0 Å². The van der Waals surface area contributed by atoms with Crippen LogP contribution in [-0.2, 0) is 0 Å². The van der Waals surface area contributed by atoms with E-state index in [1.807, 2.05) is 29.8 Å². The van der Waals surface area contributed by atoms with E-state index in [0.29, 0.717) is 0 Å². The molecule has 0 amide bonds. The summed E-state index contributed by atoms with van der Waals surface area (Å²) in [7, 11) is 0. The number of Topliss-reactive ketones (excluding diaryl/α,β-unsaturated/α-hetero) is 1. The van der Waals surface area contributed by atoms with Crippen LogP contribution >= 0.6 is 38.6 Å². The fourth-order valence-electron chi connectivity index (χ4n) is 1.27. The van der Waals surface area contributed by atoms with Crippen molar-refractivity contribution in [2.45, 2.75) is 11.8 Å². The molecule has 1 unspecified atom stereocenters. The molecule has 0 aliphatic heterocycles. The Labute approximate surface area is 105 Å². The molecule has 2 heterocycles. The number of alkyl halides is 1. The molecule has 2 aromatic heterocycles. The van der Waals surface area contributed by atoms with Crippen LogP contribution in [-0.4, -0.2) is 5.78 Å². The van der Waals surface area contributed by atoms with E-state index in [1.165, 1.54) is 5.56 Å². The van der Waals surface area contributed by atoms with Gasteiger partial charge in [-0.15, -0.1) is 11.3 Å². The van der Waals surface area contributed by atoms with Gasteiger partial charge in [0.2, 0.25) is 0 Å². The molecule has 0 fully saturated rings. The molecule has 0 bridgehead atoms. The summed E-state index contributed by atoms with van der Waals surface area (Å²) >= 11 is 6.62. The van der Waals surface area contributed by atoms with Crippen molar-refractivity contribution in [2.75, 3.05) is 0 Å². The smallest absolute Gasteiger partial charge is 0.182 e. The van der Waals surface area contributed by atoms with Gasteiger partial charge in [0, 0.05) is 15.8 Å². The Morgan fingerprint density at radius 3 is 2.80 bits per heavy atom. The van der Waals surface area contributed by atoms with Gasteiger partial charge >= 0.3 is 0 Å². The average Bonchev–Trinajstić information content (AvgIpc) is 2.85. The first kappa shape index (κ1) is 11.0. The van der Waals surface area contributed by atoms with Crippen molar-refractivity contribution in [2.24, 2.45) is 0 Å². The number of hydrogen-bond donors (Lipinski definition) is 0. The SMILES string of the molecule is Cc1csc(C(Br)C(=O)c2ccsc2)c1. The van der Waals surface area contributed by atoms with E-state index in [-0.39, 0.29) is 10.6 Å². The lowest BCUT2D eigenvalue weighted by molar-refractivity contribution is 0.0993. The average molecular weight is 301 g/mol. The summed E-state index contributed by atoms with van der Waals surface area (Å²) in [6.45, 7) is 2.04. The molecule has 1 nitrogen and oxygen atoms in total. The second kappa shape index (κ2) is 4.60. The van der Waals surface area contributed by atoms with Gasteiger partial charge < -0.3 is 0 Å². The Hall–Kier alpha value is -0.450. The maximum Gasteiger partial charge on any atom is 0.182 e. The number of carbonyl (C=O) groups is 1. The zero-order valence-electron chi connectivity index (χ0n) is 8.07. The number of carbonyl (C=O) groups excluding carboxylic acids is 1. The van der Waals surface area contributed by atoms with Crippen LogP contribution in [0.2, 0.25) is 0 Å². The van der Waals surface area contributed by atoms with Crippen LogP contribution in [0.4, 0.5) is 0 Å². The number of thiophene rings is 2. The van der Waals surface area contributed by atoms with Crippen molar-refractivity contribution >= 4 is 44.4 Å². The molecule has 4 heteroatoms. The molecule has 78 valence electrons. The van der Waals surface area contributed by atoms with Crippen LogP contribution in [0.3, 0.4) is 0 Å². The Morgan fingerprint density at radius 1 is 1.47 bits per heavy atom. The molecule has 0 radical (unpaired) electrons. The highest BCUT2D eigenvalue weighted by molar-refractivity contribution is 9.09. The predicted octanol–water partition coefficient (Wildman–Crippen LogP) is 4.44. The van der Waals surface area contributed by atoms with Crippen LogP contribution in [0.15, 0.2) is 28.3 Å². The normalized spacial score (nSPS) is 12.7. The molecule has 0 saturated heterocycles. The molecule has 2 aromatic rings. The lowest BCUT2D eigenvalue weighted by Gasteiger charge is -2.04. The third-order valence-corrected chi connectivity index (χ3v) is 5.05. The van der Waals surface area contributed by atoms with Crippen molar-refractivity contribution in [3.05, 3.63) is 44.3 Å². The van der Waals surface area contributed by atoms with E-state index in [9.17, 15) is 4.79 Å². The van der Waals surface area contributed by atoms with Crippen molar-refractivity contribution in [1.82, 2.24) is 0 Å². The second-order valence-electron chi connectivity index (χ2n) is 3.27. The van der Waals surface area contributed by atoms with Crippen molar-refractivity contribution in [3.8, 4) is 0 Å². The molecule has 0 aromatic carbocycles. The predicted molar refractivity (Wildman–Crippen MR) is 69.4 cm³/mol. The maximum atomic E-state index is 12.0. The highest BCUT2D eigenvalue weighted by atomic mass is 79.9. The summed E-state index contributed by atoms with van der Waals surface area (Å²) in [5.74, 6) is 0.137. The minimum absolute atomic E-state index is 0.137. The Kier molecular flexibility index (Phi) is 3.38. The van der Waals surface area contributed by atoms with Gasteiger partial charge in [0.05, 0.1) is 0 Å². The second-order valence-corrected chi connectivity index (χ2v) is 5.90. The molecule has 0 aliphatic carbocycles. The molecular weight excluding hydrogens is 292 g/mol. The summed E-state index contributed by atoms with van der Waals surface area (Å²) in [5, 5.41) is 5.87. The van der Waals surface area contributed by atoms with Crippen molar-refractivity contribution in [1.29, 1.82) is 0 Å². The van der Waals surface area contributed by atoms with E-state index in [0.717, 1.165) is 10.4 Å². The third kappa shape index (κ3) is 2.38. The fourth-order valence-corrected chi connectivity index (χ4v) is 3.50. The Morgan fingerprint density at radius 2 is 2.27 bits per heavy atom. The topological polar surface area (TPSA) is 17.1 Å². The molecule has 2 rings (SSSR count). The zero-order valence-corrected chi connectivity index (χ0v) is 11.3. The van der Waals surface area contributed by atoms with E-state index in [4.69, 9.17) is 0 Å². The summed E-state index contributed by atoms with van der Waals surface area (Å²) in [6.07, 6.45) is 0. The lowest BCUT2D eigenvalue weighted by Crippen LogP contribution is -2.04. The minimum atomic E-state index is -0.203. The minimum Gasteiger partial charge on any atom is -0.292 e. The van der Waals surface area contributed by atoms with Crippen LogP contribution in [0.1, 0.15) is 25.6 Å². The fraction of sp³-hybridized carbons (Fsp3) is 0.182. The lowest BCUT2D eigenvalue weighted by atomic mass is 10.1. The summed E-state index contributed by atoms with van der Waals surface area (Å²) in [4.78, 5) is 12.9. The number of aryl methyl sites for hydroxylation is 1. The van der Waals surface area contributed by atoms with Gasteiger partial charge in [0.1, 0.15) is 4.83 Å². The van der Waals surface area contributed by atoms with E-state index < -0.39 is 0 Å². The van der Waals surface area contributed by atoms with Gasteiger partial charge in [-0.2, -0.15) is 11.3 Å². The molecular formula is C11H9BrOS2. The number of rotatable bonds is 3. The summed E-state index contributed by atoms with van der Waals surface area (Å²) < 4.78 is 0. The highest BCUT2D eigenvalue weighted by Gasteiger charge is 2.20. The van der Waals surface area contributed by atoms with Gasteiger partial charge in [-0.3, -0.25) is 4.79 Å². The monoisotopic (exact) mass is 300 g/mol. The van der Waals surface area contributed by atoms with Gasteiger partial charge in [-0.05, 0) is 35.4 Å². The molecule has 0 N–H and O–H groups in total. The first-order chi connectivity index (χ1) is 7.18. The van der Waals surface area contributed by atoms with Gasteiger partial charge in [-0.1, -0.05) is 15.9 Å². The first-order valence-corrected chi connectivity index (χ1v) is 7.18. The molecule has 15 heavy (non-hydrogen) atoms. The van der Waals surface area contributed by atoms with Crippen LogP contribution in [0.25, 0.3) is 0 Å². The van der Waals surface area contributed by atoms with Crippen LogP contribution in [0.5, 0.6) is 0 Å². The van der Waals surface area contributed by atoms with E-state index >= 15 is 0 Å². The molecule has 1 atom stereocenters. The van der Waals surface area contributed by atoms with Crippen molar-refractivity contribution in [3.63, 3.8) is 0 Å². The molecule has 0 aliphatic rings. The Bertz CT molecular complexity index is 459. The number of hydrogen-bond acceptors (Lipinski definition) is 3. The van der Waals surface area contributed by atoms with Crippen LogP contribution < -0.4 is 0 Å². The van der Waals surface area contributed by atoms with E-state index in [2.05, 4.69) is 21.3 Å². The standard InChI is InChI=1S/C11H9BrOS2/c1-7-4-9(15-5-7)10(12)11(13)8-2-3-14-6-8/h2-6,10H,1H3. The zero-order chi connectivity index (χ0) is 10.8. The molecule has 0 spiro atoms. The largest absolute Gasteiger partial charge is 0.292 e. The van der Waals surface area contributed by atoms with Gasteiger partial charge in [-0.25, -0.2) is 0 Å². The summed E-state index contributed by atoms with van der Waals surface area (Å²) in [5.41, 5.74) is 1.99. The third-order valence-electron chi connectivity index (χ3n) is 2.04. The quantitative estimate of drug-likeness (QED) is 0.605. The van der Waals surface area contributed by atoms with Gasteiger partial charge in [0.15, 0.2) is 5.78 Å². The molecule has 0 saturated carbocycles. The Balaban J connectivity index is 2.22.